The summed E-state index contributed by atoms with van der Waals surface area (Å²) < 4.78 is 1.01. The van der Waals surface area contributed by atoms with E-state index in [4.69, 9.17) is 5.73 Å². The Labute approximate surface area is 125 Å². The molecule has 0 fully saturated rings. The Hall–Kier alpha value is -2.01. The first-order valence-corrected chi connectivity index (χ1v) is 6.91. The van der Waals surface area contributed by atoms with E-state index >= 15 is 0 Å². The molecule has 0 aromatic heterocycles. The van der Waals surface area contributed by atoms with Gasteiger partial charge in [-0.25, -0.2) is 4.79 Å². The van der Waals surface area contributed by atoms with Crippen LogP contribution in [0.15, 0.2) is 46.9 Å². The molecule has 2 aromatic rings. The van der Waals surface area contributed by atoms with Crippen molar-refractivity contribution in [3.05, 3.63) is 58.1 Å². The van der Waals surface area contributed by atoms with E-state index in [2.05, 4.69) is 21.2 Å². The largest absolute Gasteiger partial charge is 0.478 e. The average molecular weight is 335 g/mol. The topological polar surface area (TPSA) is 75.3 Å². The van der Waals surface area contributed by atoms with E-state index in [0.717, 1.165) is 10.0 Å². The number of hydrogen-bond donors (Lipinski definition) is 3. The first kappa shape index (κ1) is 14.4. The van der Waals surface area contributed by atoms with Crippen molar-refractivity contribution in [2.24, 2.45) is 0 Å². The van der Waals surface area contributed by atoms with Crippen molar-refractivity contribution in [2.75, 3.05) is 11.1 Å². The summed E-state index contributed by atoms with van der Waals surface area (Å²) in [6.45, 7) is 1.98. The molecule has 2 aromatic carbocycles. The van der Waals surface area contributed by atoms with Crippen molar-refractivity contribution in [1.29, 1.82) is 0 Å². The Morgan fingerprint density at radius 1 is 1.25 bits per heavy atom. The fourth-order valence-electron chi connectivity index (χ4n) is 1.93. The van der Waals surface area contributed by atoms with Gasteiger partial charge in [-0.1, -0.05) is 28.1 Å². The van der Waals surface area contributed by atoms with E-state index in [-0.39, 0.29) is 11.6 Å². The van der Waals surface area contributed by atoms with Crippen LogP contribution in [0.1, 0.15) is 28.9 Å². The summed E-state index contributed by atoms with van der Waals surface area (Å²) in [5, 5.41) is 12.4. The Morgan fingerprint density at radius 3 is 2.50 bits per heavy atom. The minimum absolute atomic E-state index is 0.00942. The molecule has 0 heterocycles. The Balaban J connectivity index is 2.25. The molecule has 0 aliphatic carbocycles. The summed E-state index contributed by atoms with van der Waals surface area (Å²) in [5.41, 5.74) is 7.87. The maximum atomic E-state index is 11.2. The van der Waals surface area contributed by atoms with Gasteiger partial charge in [0.05, 0.1) is 5.56 Å². The van der Waals surface area contributed by atoms with Crippen LogP contribution in [0.5, 0.6) is 0 Å². The number of hydrogen-bond acceptors (Lipinski definition) is 3. The summed E-state index contributed by atoms with van der Waals surface area (Å²) in [6.07, 6.45) is 0. The first-order chi connectivity index (χ1) is 9.47. The van der Waals surface area contributed by atoms with Gasteiger partial charge in [0.25, 0.3) is 0 Å². The van der Waals surface area contributed by atoms with Crippen molar-refractivity contribution in [3.8, 4) is 0 Å². The highest BCUT2D eigenvalue weighted by molar-refractivity contribution is 9.10. The number of nitrogens with one attached hydrogen (secondary N) is 1. The number of carboxylic acid groups (broad SMARTS) is 1. The number of halogens is 1. The normalized spacial score (nSPS) is 11.9. The van der Waals surface area contributed by atoms with Gasteiger partial charge in [0, 0.05) is 21.9 Å². The molecule has 0 radical (unpaired) electrons. The lowest BCUT2D eigenvalue weighted by molar-refractivity contribution is 0.0698. The predicted molar refractivity (Wildman–Crippen MR) is 84.0 cm³/mol. The Bertz CT molecular complexity index is 626. The van der Waals surface area contributed by atoms with Gasteiger partial charge in [0.15, 0.2) is 0 Å². The second-order valence-electron chi connectivity index (χ2n) is 4.53. The number of nitrogen functional groups attached to an aromatic ring is 1. The molecule has 0 aliphatic rings. The van der Waals surface area contributed by atoms with Gasteiger partial charge in [-0.15, -0.1) is 0 Å². The molecule has 0 spiro atoms. The molecule has 0 saturated heterocycles. The molecule has 4 N–H and O–H groups in total. The van der Waals surface area contributed by atoms with Crippen LogP contribution in [0.4, 0.5) is 11.4 Å². The van der Waals surface area contributed by atoms with E-state index in [9.17, 15) is 9.90 Å². The van der Waals surface area contributed by atoms with Crippen LogP contribution in [0, 0.1) is 0 Å². The van der Waals surface area contributed by atoms with Gasteiger partial charge in [0.2, 0.25) is 0 Å². The lowest BCUT2D eigenvalue weighted by Gasteiger charge is -2.17. The summed E-state index contributed by atoms with van der Waals surface area (Å²) >= 11 is 3.39. The van der Waals surface area contributed by atoms with Gasteiger partial charge in [-0.2, -0.15) is 0 Å². The molecule has 0 aliphatic heterocycles. The Kier molecular flexibility index (Phi) is 4.29. The molecular weight excluding hydrogens is 320 g/mol. The molecule has 0 saturated carbocycles. The van der Waals surface area contributed by atoms with Gasteiger partial charge >= 0.3 is 5.97 Å². The number of rotatable bonds is 4. The number of nitrogens with two attached hydrogens (primary N) is 1. The maximum absolute atomic E-state index is 11.2. The van der Waals surface area contributed by atoms with Crippen LogP contribution >= 0.6 is 15.9 Å². The highest BCUT2D eigenvalue weighted by atomic mass is 79.9. The van der Waals surface area contributed by atoms with Crippen LogP contribution in [0.3, 0.4) is 0 Å². The highest BCUT2D eigenvalue weighted by Gasteiger charge is 2.13. The molecule has 0 bridgehead atoms. The lowest BCUT2D eigenvalue weighted by Crippen LogP contribution is -2.11. The fourth-order valence-corrected chi connectivity index (χ4v) is 2.20. The third-order valence-electron chi connectivity index (χ3n) is 3.02. The summed E-state index contributed by atoms with van der Waals surface area (Å²) in [4.78, 5) is 11.2. The summed E-state index contributed by atoms with van der Waals surface area (Å²) in [6, 6.07) is 12.7. The van der Waals surface area contributed by atoms with E-state index in [1.165, 1.54) is 6.07 Å². The van der Waals surface area contributed by atoms with Crippen LogP contribution in [0.2, 0.25) is 0 Å². The zero-order chi connectivity index (χ0) is 14.7. The quantitative estimate of drug-likeness (QED) is 0.741. The van der Waals surface area contributed by atoms with Crippen molar-refractivity contribution in [2.45, 2.75) is 13.0 Å². The second-order valence-corrected chi connectivity index (χ2v) is 5.44. The smallest absolute Gasteiger partial charge is 0.337 e. The predicted octanol–water partition coefficient (Wildman–Crippen LogP) is 3.90. The molecule has 1 atom stereocenters. The average Bonchev–Trinajstić information content (AvgIpc) is 2.41. The van der Waals surface area contributed by atoms with Crippen molar-refractivity contribution in [1.82, 2.24) is 0 Å². The van der Waals surface area contributed by atoms with Crippen LogP contribution in [-0.4, -0.2) is 11.1 Å². The number of aromatic carboxylic acids is 1. The molecule has 20 heavy (non-hydrogen) atoms. The summed E-state index contributed by atoms with van der Waals surface area (Å²) in [5.74, 6) is -0.997. The standard InChI is InChI=1S/C15H15BrN2O2/c1-9(10-2-4-11(16)5-3-10)18-14-7-6-12(17)8-13(14)15(19)20/h2-9,18H,17H2,1H3,(H,19,20). The highest BCUT2D eigenvalue weighted by Crippen LogP contribution is 2.25. The third kappa shape index (κ3) is 3.30. The monoisotopic (exact) mass is 334 g/mol. The molecule has 0 amide bonds. The van der Waals surface area contributed by atoms with Gasteiger partial charge in [0.1, 0.15) is 0 Å². The second kappa shape index (κ2) is 5.96. The van der Waals surface area contributed by atoms with E-state index < -0.39 is 5.97 Å². The third-order valence-corrected chi connectivity index (χ3v) is 3.54. The number of carbonyl (C=O) groups is 1. The SMILES string of the molecule is CC(Nc1ccc(N)cc1C(=O)O)c1ccc(Br)cc1. The van der Waals surface area contributed by atoms with Crippen molar-refractivity contribution in [3.63, 3.8) is 0 Å². The van der Waals surface area contributed by atoms with E-state index in [0.29, 0.717) is 11.4 Å². The van der Waals surface area contributed by atoms with Crippen molar-refractivity contribution >= 4 is 33.3 Å². The minimum Gasteiger partial charge on any atom is -0.478 e. The van der Waals surface area contributed by atoms with Crippen LogP contribution in [0.25, 0.3) is 0 Å². The fraction of sp³-hybridized carbons (Fsp3) is 0.133. The van der Waals surface area contributed by atoms with Gasteiger partial charge < -0.3 is 16.2 Å². The van der Waals surface area contributed by atoms with Gasteiger partial charge in [-0.05, 0) is 42.8 Å². The molecule has 5 heteroatoms. The van der Waals surface area contributed by atoms with Gasteiger partial charge in [-0.3, -0.25) is 0 Å². The summed E-state index contributed by atoms with van der Waals surface area (Å²) in [7, 11) is 0. The molecular formula is C15H15BrN2O2. The number of anilines is 2. The maximum Gasteiger partial charge on any atom is 0.337 e. The first-order valence-electron chi connectivity index (χ1n) is 6.12. The van der Waals surface area contributed by atoms with E-state index in [1.807, 2.05) is 31.2 Å². The number of carboxylic acids is 1. The zero-order valence-corrected chi connectivity index (χ0v) is 12.5. The lowest BCUT2D eigenvalue weighted by atomic mass is 10.1. The minimum atomic E-state index is -0.997. The molecule has 104 valence electrons. The van der Waals surface area contributed by atoms with E-state index in [1.54, 1.807) is 12.1 Å². The molecule has 1 unspecified atom stereocenters. The molecule has 4 nitrogen and oxygen atoms in total. The zero-order valence-electron chi connectivity index (χ0n) is 10.9. The van der Waals surface area contributed by atoms with Crippen LogP contribution in [-0.2, 0) is 0 Å². The molecule has 2 rings (SSSR count). The number of benzene rings is 2. The Morgan fingerprint density at radius 2 is 1.90 bits per heavy atom. The van der Waals surface area contributed by atoms with Crippen LogP contribution < -0.4 is 11.1 Å². The van der Waals surface area contributed by atoms with Crippen molar-refractivity contribution < 1.29 is 9.90 Å².